The van der Waals surface area contributed by atoms with E-state index in [1.807, 2.05) is 38.1 Å². The first-order chi connectivity index (χ1) is 17.2. The lowest BCUT2D eigenvalue weighted by atomic mass is 9.96. The molecule has 196 valence electrons. The molecular weight excluding hydrogens is 482 g/mol. The van der Waals surface area contributed by atoms with Gasteiger partial charge in [-0.1, -0.05) is 38.5 Å². The van der Waals surface area contributed by atoms with Gasteiger partial charge in [-0.3, -0.25) is 14.4 Å². The van der Waals surface area contributed by atoms with Crippen molar-refractivity contribution in [3.8, 4) is 0 Å². The summed E-state index contributed by atoms with van der Waals surface area (Å²) < 4.78 is 0. The van der Waals surface area contributed by atoms with Crippen molar-refractivity contribution in [2.24, 2.45) is 5.92 Å². The number of hydrogen-bond acceptors (Lipinski definition) is 6. The van der Waals surface area contributed by atoms with E-state index in [0.717, 1.165) is 29.4 Å². The number of aliphatic carboxylic acids is 1. The highest BCUT2D eigenvalue weighted by molar-refractivity contribution is 7.80. The molecule has 6 N–H and O–H groups in total. The Balaban J connectivity index is 1.83. The molecule has 0 spiro atoms. The van der Waals surface area contributed by atoms with Crippen molar-refractivity contribution < 1.29 is 24.3 Å². The number of benzene rings is 1. The van der Waals surface area contributed by atoms with Gasteiger partial charge < -0.3 is 31.4 Å². The van der Waals surface area contributed by atoms with E-state index in [0.29, 0.717) is 12.8 Å². The van der Waals surface area contributed by atoms with Crippen LogP contribution in [0.1, 0.15) is 38.7 Å². The van der Waals surface area contributed by atoms with Crippen molar-refractivity contribution in [1.29, 1.82) is 0 Å². The number of carboxylic acid groups (broad SMARTS) is 1. The molecular formula is C25H35N5O5S. The molecule has 1 saturated heterocycles. The Morgan fingerprint density at radius 3 is 2.47 bits per heavy atom. The normalized spacial score (nSPS) is 18.7. The quantitative estimate of drug-likeness (QED) is 0.208. The van der Waals surface area contributed by atoms with Crippen LogP contribution in [0.2, 0.25) is 0 Å². The van der Waals surface area contributed by atoms with E-state index in [4.69, 9.17) is 0 Å². The summed E-state index contributed by atoms with van der Waals surface area (Å²) in [6.07, 6.45) is 4.13. The summed E-state index contributed by atoms with van der Waals surface area (Å²) in [5.74, 6) is -2.88. The molecule has 5 unspecified atom stereocenters. The summed E-state index contributed by atoms with van der Waals surface area (Å²) in [6, 6.07) is 4.11. The Kier molecular flexibility index (Phi) is 9.77. The summed E-state index contributed by atoms with van der Waals surface area (Å²) >= 11 is 4.02. The Morgan fingerprint density at radius 1 is 1.11 bits per heavy atom. The van der Waals surface area contributed by atoms with Gasteiger partial charge in [0.15, 0.2) is 0 Å². The summed E-state index contributed by atoms with van der Waals surface area (Å²) in [6.45, 7) is 4.54. The van der Waals surface area contributed by atoms with Crippen LogP contribution in [0.3, 0.4) is 0 Å². The second-order valence-corrected chi connectivity index (χ2v) is 9.59. The smallest absolute Gasteiger partial charge is 0.327 e. The minimum Gasteiger partial charge on any atom is -0.480 e. The number of para-hydroxylation sites is 1. The minimum absolute atomic E-state index is 0.102. The third-order valence-electron chi connectivity index (χ3n) is 6.70. The van der Waals surface area contributed by atoms with Crippen molar-refractivity contribution in [2.75, 3.05) is 12.3 Å². The van der Waals surface area contributed by atoms with Crippen LogP contribution >= 0.6 is 12.6 Å². The topological polar surface area (TPSA) is 152 Å². The van der Waals surface area contributed by atoms with Crippen LogP contribution < -0.4 is 21.3 Å². The third kappa shape index (κ3) is 6.79. The minimum atomic E-state index is -1.22. The molecule has 1 aromatic heterocycles. The van der Waals surface area contributed by atoms with Crippen LogP contribution in [0, 0.1) is 5.92 Å². The molecule has 0 bridgehead atoms. The summed E-state index contributed by atoms with van der Waals surface area (Å²) in [7, 11) is 0. The first-order valence-corrected chi connectivity index (χ1v) is 12.9. The molecule has 2 heterocycles. The molecule has 10 nitrogen and oxygen atoms in total. The second-order valence-electron chi connectivity index (χ2n) is 9.23. The van der Waals surface area contributed by atoms with Gasteiger partial charge in [0.05, 0.1) is 6.04 Å². The number of carboxylic acids is 1. The van der Waals surface area contributed by atoms with Crippen molar-refractivity contribution in [3.05, 3.63) is 36.0 Å². The Bertz CT molecular complexity index is 1080. The van der Waals surface area contributed by atoms with Gasteiger partial charge in [-0.05, 0) is 36.9 Å². The molecule has 1 fully saturated rings. The molecule has 5 atom stereocenters. The number of carbonyl (C=O) groups excluding carboxylic acids is 3. The first-order valence-electron chi connectivity index (χ1n) is 12.3. The molecule has 36 heavy (non-hydrogen) atoms. The van der Waals surface area contributed by atoms with E-state index in [9.17, 15) is 24.3 Å². The lowest BCUT2D eigenvalue weighted by Gasteiger charge is -2.28. The van der Waals surface area contributed by atoms with E-state index < -0.39 is 35.9 Å². The number of H-pyrrole nitrogens is 1. The summed E-state index contributed by atoms with van der Waals surface area (Å²) in [4.78, 5) is 54.0. The number of aromatic nitrogens is 1. The highest BCUT2D eigenvalue weighted by Gasteiger charge is 2.33. The molecule has 2 aromatic rings. The van der Waals surface area contributed by atoms with E-state index in [2.05, 4.69) is 38.9 Å². The molecule has 3 rings (SSSR count). The number of fused-ring (bicyclic) bond motifs is 1. The maximum absolute atomic E-state index is 13.4. The Labute approximate surface area is 215 Å². The molecule has 1 aromatic carbocycles. The Hall–Kier alpha value is -3.05. The molecule has 11 heteroatoms. The van der Waals surface area contributed by atoms with Crippen LogP contribution in [-0.2, 0) is 25.6 Å². The van der Waals surface area contributed by atoms with Gasteiger partial charge in [0.25, 0.3) is 0 Å². The fraction of sp³-hybridized carbons (Fsp3) is 0.520. The van der Waals surface area contributed by atoms with E-state index in [-0.39, 0.29) is 30.0 Å². The molecule has 0 saturated carbocycles. The highest BCUT2D eigenvalue weighted by Crippen LogP contribution is 2.20. The zero-order valence-corrected chi connectivity index (χ0v) is 21.4. The van der Waals surface area contributed by atoms with Gasteiger partial charge in [0.2, 0.25) is 17.7 Å². The SMILES string of the molecule is CCC(C)C(NC(=O)C1CCCN1)C(=O)NC(Cc1c[nH]c2ccccc12)C(=O)NC(CS)C(=O)O. The predicted molar refractivity (Wildman–Crippen MR) is 140 cm³/mol. The van der Waals surface area contributed by atoms with Crippen LogP contribution in [0.5, 0.6) is 0 Å². The molecule has 1 aliphatic heterocycles. The lowest BCUT2D eigenvalue weighted by molar-refractivity contribution is -0.141. The van der Waals surface area contributed by atoms with Crippen molar-refractivity contribution >= 4 is 47.2 Å². The summed E-state index contributed by atoms with van der Waals surface area (Å²) in [5.41, 5.74) is 1.67. The number of amides is 3. The highest BCUT2D eigenvalue weighted by atomic mass is 32.1. The van der Waals surface area contributed by atoms with Crippen molar-refractivity contribution in [1.82, 2.24) is 26.3 Å². The number of thiol groups is 1. The van der Waals surface area contributed by atoms with Crippen molar-refractivity contribution in [3.63, 3.8) is 0 Å². The van der Waals surface area contributed by atoms with E-state index in [1.165, 1.54) is 0 Å². The number of aromatic amines is 1. The lowest BCUT2D eigenvalue weighted by Crippen LogP contribution is -2.59. The Morgan fingerprint density at radius 2 is 1.83 bits per heavy atom. The van der Waals surface area contributed by atoms with Crippen molar-refractivity contribution in [2.45, 2.75) is 63.7 Å². The average molecular weight is 518 g/mol. The van der Waals surface area contributed by atoms with Gasteiger partial charge in [-0.15, -0.1) is 0 Å². The monoisotopic (exact) mass is 517 g/mol. The van der Waals surface area contributed by atoms with Crippen LogP contribution in [0.15, 0.2) is 30.5 Å². The van der Waals surface area contributed by atoms with E-state index in [1.54, 1.807) is 6.20 Å². The standard InChI is InChI=1S/C25H35N5O5S/c1-3-14(2)21(30-22(31)18-9-6-10-26-18)24(33)28-19(23(32)29-20(13-36)25(34)35)11-15-12-27-17-8-5-4-7-16(15)17/h4-5,7-8,12,14,18-21,26-27,36H,3,6,9-11,13H2,1-2H3,(H,28,33)(H,29,32)(H,30,31)(H,34,35). The number of rotatable bonds is 12. The van der Waals surface area contributed by atoms with Gasteiger partial charge in [-0.2, -0.15) is 12.6 Å². The fourth-order valence-corrected chi connectivity index (χ4v) is 4.56. The second kappa shape index (κ2) is 12.8. The first kappa shape index (κ1) is 27.5. The molecule has 3 amide bonds. The molecule has 0 aliphatic carbocycles. The largest absolute Gasteiger partial charge is 0.480 e. The fourth-order valence-electron chi connectivity index (χ4n) is 4.31. The number of nitrogens with one attached hydrogen (secondary N) is 5. The van der Waals surface area contributed by atoms with Gasteiger partial charge >= 0.3 is 5.97 Å². The van der Waals surface area contributed by atoms with Crippen LogP contribution in [-0.4, -0.2) is 70.2 Å². The zero-order chi connectivity index (χ0) is 26.2. The number of hydrogen-bond donors (Lipinski definition) is 7. The predicted octanol–water partition coefficient (Wildman–Crippen LogP) is 0.977. The maximum Gasteiger partial charge on any atom is 0.327 e. The number of carbonyl (C=O) groups is 4. The van der Waals surface area contributed by atoms with Crippen LogP contribution in [0.25, 0.3) is 10.9 Å². The summed E-state index contributed by atoms with van der Waals surface area (Å²) in [5, 5.41) is 21.5. The van der Waals surface area contributed by atoms with E-state index >= 15 is 0 Å². The van der Waals surface area contributed by atoms with Gasteiger partial charge in [0, 0.05) is 29.3 Å². The van der Waals surface area contributed by atoms with Gasteiger partial charge in [0.1, 0.15) is 18.1 Å². The maximum atomic E-state index is 13.4. The molecule has 1 aliphatic rings. The van der Waals surface area contributed by atoms with Gasteiger partial charge in [-0.25, -0.2) is 4.79 Å². The zero-order valence-electron chi connectivity index (χ0n) is 20.5. The third-order valence-corrected chi connectivity index (χ3v) is 7.06. The molecule has 0 radical (unpaired) electrons. The van der Waals surface area contributed by atoms with Crippen LogP contribution in [0.4, 0.5) is 0 Å². The average Bonchev–Trinajstić information content (AvgIpc) is 3.55.